The Labute approximate surface area is 140 Å². The lowest BCUT2D eigenvalue weighted by atomic mass is 9.98. The Morgan fingerprint density at radius 1 is 1.29 bits per heavy atom. The molecule has 3 rings (SSSR count). The minimum Gasteiger partial charge on any atom is -0.497 e. The van der Waals surface area contributed by atoms with Crippen molar-refractivity contribution in [3.8, 4) is 22.9 Å². The van der Waals surface area contributed by atoms with Gasteiger partial charge in [0.05, 0.1) is 19.2 Å². The summed E-state index contributed by atoms with van der Waals surface area (Å²) in [4.78, 5) is 9.95. The molecule has 1 saturated heterocycles. The van der Waals surface area contributed by atoms with Crippen LogP contribution in [0.5, 0.6) is 5.75 Å². The lowest BCUT2D eigenvalue weighted by Crippen LogP contribution is -2.21. The molecule has 1 aliphatic rings. The molecule has 6 heteroatoms. The Balaban J connectivity index is 2.25. The molecule has 0 saturated carbocycles. The van der Waals surface area contributed by atoms with Gasteiger partial charge in [-0.2, -0.15) is 5.26 Å². The Bertz CT molecular complexity index is 840. The summed E-state index contributed by atoms with van der Waals surface area (Å²) in [5.41, 5.74) is 7.96. The quantitative estimate of drug-likeness (QED) is 0.878. The molecule has 0 aliphatic carbocycles. The van der Waals surface area contributed by atoms with Gasteiger partial charge in [-0.1, -0.05) is 12.1 Å². The first-order valence-corrected chi connectivity index (χ1v) is 7.70. The summed E-state index contributed by atoms with van der Waals surface area (Å²) >= 11 is 0. The summed E-state index contributed by atoms with van der Waals surface area (Å²) in [6.45, 7) is 9.16. The Morgan fingerprint density at radius 3 is 2.50 bits per heavy atom. The van der Waals surface area contributed by atoms with Gasteiger partial charge >= 0.3 is 0 Å². The highest BCUT2D eigenvalue weighted by Crippen LogP contribution is 2.42. The molecule has 0 unspecified atom stereocenters. The molecule has 0 atom stereocenters. The zero-order valence-electron chi connectivity index (χ0n) is 13.4. The van der Waals surface area contributed by atoms with Crippen LogP contribution in [0.1, 0.15) is 18.4 Å². The molecular weight excluding hydrogens is 302 g/mol. The fourth-order valence-electron chi connectivity index (χ4n) is 3.00. The number of nitriles is 1. The molecule has 0 radical (unpaired) electrons. The summed E-state index contributed by atoms with van der Waals surface area (Å²) < 4.78 is 5.18. The molecule has 2 heterocycles. The SMILES string of the molecule is [C-]#[N+]c1c(N)nc(N2CCCC2)c(C#N)c1-c1ccc(OC)cc1. The monoisotopic (exact) mass is 319 g/mol. The van der Waals surface area contributed by atoms with Gasteiger partial charge in [0.15, 0.2) is 0 Å². The van der Waals surface area contributed by atoms with Crippen LogP contribution < -0.4 is 15.4 Å². The maximum Gasteiger partial charge on any atom is 0.237 e. The first-order valence-electron chi connectivity index (χ1n) is 7.70. The van der Waals surface area contributed by atoms with Crippen molar-refractivity contribution in [2.75, 3.05) is 30.8 Å². The van der Waals surface area contributed by atoms with Gasteiger partial charge < -0.3 is 15.4 Å². The molecule has 0 spiro atoms. The standard InChI is InChI=1S/C18H17N5O/c1-21-16-15(12-5-7-13(24-2)8-6-12)14(11-19)18(22-17(16)20)23-9-3-4-10-23/h5-8H,3-4,9-10H2,2H3,(H2,20,22). The van der Waals surface area contributed by atoms with Gasteiger partial charge in [0.25, 0.3) is 0 Å². The molecule has 6 nitrogen and oxygen atoms in total. The highest BCUT2D eigenvalue weighted by atomic mass is 16.5. The Kier molecular flexibility index (Phi) is 4.22. The second-order valence-electron chi connectivity index (χ2n) is 5.57. The fourth-order valence-corrected chi connectivity index (χ4v) is 3.00. The summed E-state index contributed by atoms with van der Waals surface area (Å²) in [5, 5.41) is 9.75. The molecule has 0 amide bonds. The third-order valence-electron chi connectivity index (χ3n) is 4.19. The van der Waals surface area contributed by atoms with E-state index in [2.05, 4.69) is 20.8 Å². The molecule has 1 aliphatic heterocycles. The number of hydrogen-bond acceptors (Lipinski definition) is 5. The highest BCUT2D eigenvalue weighted by molar-refractivity contribution is 5.92. The smallest absolute Gasteiger partial charge is 0.237 e. The summed E-state index contributed by atoms with van der Waals surface area (Å²) in [6.07, 6.45) is 2.13. The van der Waals surface area contributed by atoms with Gasteiger partial charge in [0.2, 0.25) is 5.69 Å². The lowest BCUT2D eigenvalue weighted by Gasteiger charge is -2.21. The van der Waals surface area contributed by atoms with Gasteiger partial charge in [-0.05, 0) is 30.5 Å². The molecule has 1 aromatic heterocycles. The maximum atomic E-state index is 9.75. The van der Waals surface area contributed by atoms with Crippen molar-refractivity contribution in [3.63, 3.8) is 0 Å². The van der Waals surface area contributed by atoms with Crippen molar-refractivity contribution in [1.29, 1.82) is 5.26 Å². The van der Waals surface area contributed by atoms with Gasteiger partial charge in [-0.3, -0.25) is 0 Å². The average Bonchev–Trinajstić information content (AvgIpc) is 3.15. The van der Waals surface area contributed by atoms with Crippen LogP contribution in [0, 0.1) is 17.9 Å². The molecule has 24 heavy (non-hydrogen) atoms. The number of rotatable bonds is 3. The minimum atomic E-state index is 0.164. The third kappa shape index (κ3) is 2.59. The van der Waals surface area contributed by atoms with Crippen LogP contribution in [0.25, 0.3) is 16.0 Å². The van der Waals surface area contributed by atoms with Gasteiger partial charge in [-0.25, -0.2) is 9.83 Å². The van der Waals surface area contributed by atoms with Gasteiger partial charge in [0, 0.05) is 18.7 Å². The van der Waals surface area contributed by atoms with Crippen LogP contribution in [-0.2, 0) is 0 Å². The van der Waals surface area contributed by atoms with E-state index in [1.54, 1.807) is 19.2 Å². The number of nitrogens with two attached hydrogens (primary N) is 1. The van der Waals surface area contributed by atoms with E-state index < -0.39 is 0 Å². The van der Waals surface area contributed by atoms with Crippen molar-refractivity contribution >= 4 is 17.3 Å². The van der Waals surface area contributed by atoms with Crippen LogP contribution >= 0.6 is 0 Å². The normalized spacial score (nSPS) is 13.4. The fraction of sp³-hybridized carbons (Fsp3) is 0.278. The zero-order chi connectivity index (χ0) is 17.1. The van der Waals surface area contributed by atoms with E-state index in [-0.39, 0.29) is 11.5 Å². The third-order valence-corrected chi connectivity index (χ3v) is 4.19. The number of methoxy groups -OCH3 is 1. The molecular formula is C18H17N5O. The van der Waals surface area contributed by atoms with E-state index in [0.29, 0.717) is 22.7 Å². The maximum absolute atomic E-state index is 9.75. The summed E-state index contributed by atoms with van der Waals surface area (Å²) in [5.74, 6) is 1.45. The van der Waals surface area contributed by atoms with Crippen molar-refractivity contribution in [1.82, 2.24) is 4.98 Å². The zero-order valence-corrected chi connectivity index (χ0v) is 13.4. The molecule has 1 aromatic carbocycles. The van der Waals surface area contributed by atoms with Gasteiger partial charge in [-0.15, -0.1) is 0 Å². The van der Waals surface area contributed by atoms with E-state index in [1.165, 1.54) is 0 Å². The van der Waals surface area contributed by atoms with Gasteiger partial charge in [0.1, 0.15) is 23.5 Å². The van der Waals surface area contributed by atoms with Crippen LogP contribution in [0.3, 0.4) is 0 Å². The summed E-state index contributed by atoms with van der Waals surface area (Å²) in [7, 11) is 1.59. The molecule has 2 aromatic rings. The molecule has 0 bridgehead atoms. The lowest BCUT2D eigenvalue weighted by molar-refractivity contribution is 0.415. The molecule has 120 valence electrons. The van der Waals surface area contributed by atoms with Crippen molar-refractivity contribution < 1.29 is 4.74 Å². The van der Waals surface area contributed by atoms with E-state index in [4.69, 9.17) is 17.0 Å². The average molecular weight is 319 g/mol. The number of benzene rings is 1. The van der Waals surface area contributed by atoms with Crippen LogP contribution in [0.4, 0.5) is 17.3 Å². The van der Waals surface area contributed by atoms with E-state index in [9.17, 15) is 5.26 Å². The second-order valence-corrected chi connectivity index (χ2v) is 5.57. The number of ether oxygens (including phenoxy) is 1. The number of nitrogens with zero attached hydrogens (tertiary/aromatic N) is 4. The van der Waals surface area contributed by atoms with Crippen LogP contribution in [-0.4, -0.2) is 25.2 Å². The number of anilines is 2. The predicted molar refractivity (Wildman–Crippen MR) is 93.1 cm³/mol. The van der Waals surface area contributed by atoms with E-state index in [0.717, 1.165) is 31.5 Å². The van der Waals surface area contributed by atoms with E-state index in [1.807, 2.05) is 12.1 Å². The molecule has 1 fully saturated rings. The van der Waals surface area contributed by atoms with Crippen molar-refractivity contribution in [2.24, 2.45) is 0 Å². The Morgan fingerprint density at radius 2 is 1.96 bits per heavy atom. The number of nitrogen functional groups attached to an aromatic ring is 1. The van der Waals surface area contributed by atoms with Crippen molar-refractivity contribution in [2.45, 2.75) is 12.8 Å². The number of hydrogen-bond donors (Lipinski definition) is 1. The first kappa shape index (κ1) is 15.6. The Hall–Kier alpha value is -3.25. The first-order chi connectivity index (χ1) is 11.7. The second kappa shape index (κ2) is 6.47. The van der Waals surface area contributed by atoms with E-state index >= 15 is 0 Å². The number of pyridine rings is 1. The van der Waals surface area contributed by atoms with Crippen LogP contribution in [0.2, 0.25) is 0 Å². The van der Waals surface area contributed by atoms with Crippen LogP contribution in [0.15, 0.2) is 24.3 Å². The number of aromatic nitrogens is 1. The largest absolute Gasteiger partial charge is 0.497 e. The summed E-state index contributed by atoms with van der Waals surface area (Å²) in [6, 6.07) is 9.50. The topological polar surface area (TPSA) is 79.5 Å². The highest BCUT2D eigenvalue weighted by Gasteiger charge is 2.25. The minimum absolute atomic E-state index is 0.164. The predicted octanol–water partition coefficient (Wildman–Crippen LogP) is 3.36. The molecule has 2 N–H and O–H groups in total. The van der Waals surface area contributed by atoms with Crippen molar-refractivity contribution in [3.05, 3.63) is 41.2 Å².